The van der Waals surface area contributed by atoms with Crippen LogP contribution >= 0.6 is 0 Å². The minimum atomic E-state index is -0.800. The first-order valence-electron chi connectivity index (χ1n) is 7.41. The van der Waals surface area contributed by atoms with Crippen molar-refractivity contribution in [3.63, 3.8) is 0 Å². The molecule has 1 saturated carbocycles. The number of anilines is 1. The predicted octanol–water partition coefficient (Wildman–Crippen LogP) is 3.11. The van der Waals surface area contributed by atoms with Crippen molar-refractivity contribution in [2.75, 3.05) is 12.4 Å². The third kappa shape index (κ3) is 4.48. The van der Waals surface area contributed by atoms with Gasteiger partial charge in [-0.2, -0.15) is 0 Å². The second-order valence-electron chi connectivity index (χ2n) is 5.57. The fourth-order valence-corrected chi connectivity index (χ4v) is 2.68. The summed E-state index contributed by atoms with van der Waals surface area (Å²) in [6.45, 7) is 0. The monoisotopic (exact) mass is 290 g/mol. The van der Waals surface area contributed by atoms with E-state index in [1.807, 2.05) is 31.3 Å². The van der Waals surface area contributed by atoms with Gasteiger partial charge in [-0.3, -0.25) is 4.79 Å². The summed E-state index contributed by atoms with van der Waals surface area (Å²) < 4.78 is 0. The molecule has 0 bridgehead atoms. The summed E-state index contributed by atoms with van der Waals surface area (Å²) in [7, 11) is 1.84. The number of benzene rings is 1. The van der Waals surface area contributed by atoms with Crippen molar-refractivity contribution in [2.24, 2.45) is 0 Å². The van der Waals surface area contributed by atoms with Crippen LogP contribution in [0.5, 0.6) is 0 Å². The summed E-state index contributed by atoms with van der Waals surface area (Å²) in [6, 6.07) is 7.61. The fraction of sp³-hybridized carbons (Fsp3) is 0.500. The molecule has 1 aromatic rings. The molecule has 0 spiro atoms. The van der Waals surface area contributed by atoms with Gasteiger partial charge in [0.1, 0.15) is 0 Å². The Hall–Kier alpha value is -2.04. The second-order valence-corrected chi connectivity index (χ2v) is 5.57. The van der Waals surface area contributed by atoms with Crippen LogP contribution in [-0.4, -0.2) is 35.1 Å². The van der Waals surface area contributed by atoms with Gasteiger partial charge in [-0.1, -0.05) is 25.0 Å². The van der Waals surface area contributed by atoms with Gasteiger partial charge in [0, 0.05) is 25.2 Å². The molecule has 0 aromatic heterocycles. The quantitative estimate of drug-likeness (QED) is 0.875. The number of rotatable bonds is 5. The zero-order valence-electron chi connectivity index (χ0n) is 12.3. The number of amides is 2. The van der Waals surface area contributed by atoms with Crippen molar-refractivity contribution in [1.82, 2.24) is 4.90 Å². The maximum atomic E-state index is 12.1. The summed E-state index contributed by atoms with van der Waals surface area (Å²) in [5.41, 5.74) is 1.70. The van der Waals surface area contributed by atoms with E-state index in [2.05, 4.69) is 5.32 Å². The van der Waals surface area contributed by atoms with Gasteiger partial charge in [-0.25, -0.2) is 4.79 Å². The van der Waals surface area contributed by atoms with Crippen molar-refractivity contribution in [1.29, 1.82) is 0 Å². The third-order valence-electron chi connectivity index (χ3n) is 4.03. The number of aliphatic carboxylic acids is 1. The molecule has 0 radical (unpaired) electrons. The van der Waals surface area contributed by atoms with Gasteiger partial charge < -0.3 is 15.3 Å². The van der Waals surface area contributed by atoms with E-state index >= 15 is 0 Å². The Labute approximate surface area is 125 Å². The normalized spacial score (nSPS) is 14.9. The van der Waals surface area contributed by atoms with Gasteiger partial charge in [-0.15, -0.1) is 0 Å². The Morgan fingerprint density at radius 2 is 1.86 bits per heavy atom. The van der Waals surface area contributed by atoms with E-state index in [1.165, 1.54) is 12.8 Å². The summed E-state index contributed by atoms with van der Waals surface area (Å²) in [5, 5.41) is 11.5. The van der Waals surface area contributed by atoms with Crippen LogP contribution < -0.4 is 5.32 Å². The number of carboxylic acids is 1. The number of carbonyl (C=O) groups excluding carboxylic acids is 1. The number of urea groups is 1. The third-order valence-corrected chi connectivity index (χ3v) is 4.03. The van der Waals surface area contributed by atoms with Gasteiger partial charge in [-0.05, 0) is 37.0 Å². The van der Waals surface area contributed by atoms with E-state index in [0.717, 1.165) is 24.1 Å². The summed E-state index contributed by atoms with van der Waals surface area (Å²) in [5.74, 6) is -0.800. The number of nitrogens with zero attached hydrogens (tertiary/aromatic N) is 1. The Balaban J connectivity index is 1.87. The Morgan fingerprint density at radius 1 is 1.24 bits per heavy atom. The molecule has 1 aromatic carbocycles. The van der Waals surface area contributed by atoms with Crippen LogP contribution in [0.2, 0.25) is 0 Å². The molecule has 21 heavy (non-hydrogen) atoms. The molecule has 0 heterocycles. The minimum absolute atomic E-state index is 0.0832. The molecule has 0 atom stereocenters. The molecular weight excluding hydrogens is 268 g/mol. The number of carboxylic acid groups (broad SMARTS) is 1. The molecule has 1 aliphatic rings. The molecule has 5 heteroatoms. The first-order chi connectivity index (χ1) is 10.1. The van der Waals surface area contributed by atoms with Crippen molar-refractivity contribution in [2.45, 2.75) is 44.6 Å². The zero-order chi connectivity index (χ0) is 15.2. The standard InChI is InChI=1S/C16H22N2O3/c1-18(14-4-2-3-5-14)16(21)17-13-9-6-12(7-10-13)8-11-15(19)20/h6-7,9-10,14H,2-5,8,11H2,1H3,(H,17,21)(H,19,20). The van der Waals surface area contributed by atoms with E-state index < -0.39 is 5.97 Å². The molecule has 0 saturated heterocycles. The highest BCUT2D eigenvalue weighted by Crippen LogP contribution is 2.23. The summed E-state index contributed by atoms with van der Waals surface area (Å²) in [4.78, 5) is 24.4. The topological polar surface area (TPSA) is 69.6 Å². The van der Waals surface area contributed by atoms with Crippen LogP contribution in [0.1, 0.15) is 37.7 Å². The average molecular weight is 290 g/mol. The minimum Gasteiger partial charge on any atom is -0.481 e. The highest BCUT2D eigenvalue weighted by molar-refractivity contribution is 5.89. The molecule has 5 nitrogen and oxygen atoms in total. The molecular formula is C16H22N2O3. The molecule has 114 valence electrons. The molecule has 1 fully saturated rings. The van der Waals surface area contributed by atoms with E-state index in [0.29, 0.717) is 12.5 Å². The van der Waals surface area contributed by atoms with Gasteiger partial charge in [0.2, 0.25) is 0 Å². The van der Waals surface area contributed by atoms with Crippen molar-refractivity contribution >= 4 is 17.7 Å². The fourth-order valence-electron chi connectivity index (χ4n) is 2.68. The summed E-state index contributed by atoms with van der Waals surface area (Å²) in [6.07, 6.45) is 5.18. The number of aryl methyl sites for hydroxylation is 1. The van der Waals surface area contributed by atoms with Gasteiger partial charge in [0.15, 0.2) is 0 Å². The Kier molecular flexibility index (Phi) is 5.20. The number of hydrogen-bond acceptors (Lipinski definition) is 2. The second kappa shape index (κ2) is 7.11. The lowest BCUT2D eigenvalue weighted by molar-refractivity contribution is -0.136. The van der Waals surface area contributed by atoms with Gasteiger partial charge >= 0.3 is 12.0 Å². The van der Waals surface area contributed by atoms with Crippen LogP contribution in [0.3, 0.4) is 0 Å². The first kappa shape index (κ1) is 15.4. The predicted molar refractivity (Wildman–Crippen MR) is 81.4 cm³/mol. The van der Waals surface area contributed by atoms with E-state index in [9.17, 15) is 9.59 Å². The lowest BCUT2D eigenvalue weighted by atomic mass is 10.1. The Morgan fingerprint density at radius 3 is 2.43 bits per heavy atom. The van der Waals surface area contributed by atoms with Crippen LogP contribution in [0.4, 0.5) is 10.5 Å². The SMILES string of the molecule is CN(C(=O)Nc1ccc(CCC(=O)O)cc1)C1CCCC1. The van der Waals surface area contributed by atoms with Crippen molar-refractivity contribution < 1.29 is 14.7 Å². The van der Waals surface area contributed by atoms with Gasteiger partial charge in [0.05, 0.1) is 0 Å². The van der Waals surface area contributed by atoms with Crippen molar-refractivity contribution in [3.8, 4) is 0 Å². The largest absolute Gasteiger partial charge is 0.481 e. The lowest BCUT2D eigenvalue weighted by Gasteiger charge is -2.24. The summed E-state index contributed by atoms with van der Waals surface area (Å²) >= 11 is 0. The van der Waals surface area contributed by atoms with Crippen molar-refractivity contribution in [3.05, 3.63) is 29.8 Å². The Bertz CT molecular complexity index is 493. The lowest BCUT2D eigenvalue weighted by Crippen LogP contribution is -2.38. The molecule has 2 rings (SSSR count). The first-order valence-corrected chi connectivity index (χ1v) is 7.41. The highest BCUT2D eigenvalue weighted by atomic mass is 16.4. The molecule has 0 aliphatic heterocycles. The maximum absolute atomic E-state index is 12.1. The van der Waals surface area contributed by atoms with Crippen LogP contribution in [-0.2, 0) is 11.2 Å². The average Bonchev–Trinajstić information content (AvgIpc) is 2.99. The molecule has 2 amide bonds. The highest BCUT2D eigenvalue weighted by Gasteiger charge is 2.23. The number of carbonyl (C=O) groups is 2. The van der Waals surface area contributed by atoms with E-state index in [-0.39, 0.29) is 12.5 Å². The zero-order valence-corrected chi connectivity index (χ0v) is 12.3. The van der Waals surface area contributed by atoms with Gasteiger partial charge in [0.25, 0.3) is 0 Å². The van der Waals surface area contributed by atoms with Crippen LogP contribution in [0.25, 0.3) is 0 Å². The number of nitrogens with one attached hydrogen (secondary N) is 1. The molecule has 2 N–H and O–H groups in total. The van der Waals surface area contributed by atoms with E-state index in [4.69, 9.17) is 5.11 Å². The molecule has 0 unspecified atom stereocenters. The van der Waals surface area contributed by atoms with Crippen LogP contribution in [0, 0.1) is 0 Å². The number of hydrogen-bond donors (Lipinski definition) is 2. The maximum Gasteiger partial charge on any atom is 0.321 e. The van der Waals surface area contributed by atoms with E-state index in [1.54, 1.807) is 4.90 Å². The smallest absolute Gasteiger partial charge is 0.321 e. The van der Waals surface area contributed by atoms with Crippen LogP contribution in [0.15, 0.2) is 24.3 Å². The molecule has 1 aliphatic carbocycles.